The van der Waals surface area contributed by atoms with E-state index in [1.807, 2.05) is 31.2 Å². The third-order valence-corrected chi connectivity index (χ3v) is 3.79. The first kappa shape index (κ1) is 20.1. The molecule has 6 heteroatoms. The Bertz CT molecular complexity index is 575. The summed E-state index contributed by atoms with van der Waals surface area (Å²) >= 11 is 11.7. The molecule has 0 saturated heterocycles. The zero-order chi connectivity index (χ0) is 15.9. The van der Waals surface area contributed by atoms with E-state index >= 15 is 0 Å². The molecule has 0 aliphatic heterocycles. The zero-order valence-corrected chi connectivity index (χ0v) is 15.0. The predicted molar refractivity (Wildman–Crippen MR) is 98.1 cm³/mol. The molecule has 0 spiro atoms. The van der Waals surface area contributed by atoms with Crippen LogP contribution in [0, 0.1) is 0 Å². The van der Waals surface area contributed by atoms with E-state index in [4.69, 9.17) is 27.9 Å². The normalized spacial score (nSPS) is 13.0. The Hall–Kier alpha value is -0.970. The predicted octanol–water partition coefficient (Wildman–Crippen LogP) is 4.51. The zero-order valence-electron chi connectivity index (χ0n) is 12.7. The van der Waals surface area contributed by atoms with Crippen LogP contribution in [0.2, 0.25) is 10.0 Å². The van der Waals surface area contributed by atoms with Gasteiger partial charge in [0.05, 0.1) is 0 Å². The summed E-state index contributed by atoms with van der Waals surface area (Å²) in [4.78, 5) is 0. The van der Waals surface area contributed by atoms with Crippen molar-refractivity contribution in [3.8, 4) is 5.75 Å². The first-order valence-electron chi connectivity index (χ1n) is 7.10. The summed E-state index contributed by atoms with van der Waals surface area (Å²) in [5.74, 6) is 0.689. The van der Waals surface area contributed by atoms with Gasteiger partial charge >= 0.3 is 0 Å². The molecule has 0 fully saturated rings. The summed E-state index contributed by atoms with van der Waals surface area (Å²) in [6.45, 7) is 2.70. The van der Waals surface area contributed by atoms with Gasteiger partial charge in [0.2, 0.25) is 0 Å². The smallest absolute Gasteiger partial charge is 0.119 e. The highest BCUT2D eigenvalue weighted by molar-refractivity contribution is 6.30. The second-order valence-electron chi connectivity index (χ2n) is 5.10. The number of nitrogens with one attached hydrogen (secondary N) is 1. The molecule has 2 atom stereocenters. The third kappa shape index (κ3) is 6.98. The topological polar surface area (TPSA) is 41.5 Å². The molecule has 0 aromatic heterocycles. The molecule has 23 heavy (non-hydrogen) atoms. The first-order valence-corrected chi connectivity index (χ1v) is 7.85. The van der Waals surface area contributed by atoms with Crippen molar-refractivity contribution < 1.29 is 9.84 Å². The fourth-order valence-corrected chi connectivity index (χ4v) is 2.22. The van der Waals surface area contributed by atoms with Gasteiger partial charge in [0, 0.05) is 22.6 Å². The monoisotopic (exact) mass is 375 g/mol. The lowest BCUT2D eigenvalue weighted by atomic mass is 10.1. The number of hydrogen-bond donors (Lipinski definition) is 2. The van der Waals surface area contributed by atoms with Gasteiger partial charge in [-0.25, -0.2) is 0 Å². The Kier molecular flexibility index (Phi) is 8.74. The average molecular weight is 377 g/mol. The SMILES string of the molecule is CC(NCC(O)COc1ccc(Cl)cc1)c1ccc(Cl)cc1.Cl. The van der Waals surface area contributed by atoms with Gasteiger partial charge in [-0.1, -0.05) is 35.3 Å². The maximum Gasteiger partial charge on any atom is 0.119 e. The van der Waals surface area contributed by atoms with Crippen molar-refractivity contribution in [3.05, 3.63) is 64.1 Å². The van der Waals surface area contributed by atoms with Crippen molar-refractivity contribution >= 4 is 35.6 Å². The molecule has 126 valence electrons. The molecule has 2 unspecified atom stereocenters. The summed E-state index contributed by atoms with van der Waals surface area (Å²) in [7, 11) is 0. The number of hydrogen-bond acceptors (Lipinski definition) is 3. The minimum absolute atomic E-state index is 0. The standard InChI is InChI=1S/C17H19Cl2NO2.ClH/c1-12(13-2-4-14(18)5-3-13)20-10-16(21)11-22-17-8-6-15(19)7-9-17;/h2-9,12,16,20-21H,10-11H2,1H3;1H. The van der Waals surface area contributed by atoms with Crippen LogP contribution in [0.4, 0.5) is 0 Å². The van der Waals surface area contributed by atoms with E-state index in [-0.39, 0.29) is 25.1 Å². The molecule has 0 radical (unpaired) electrons. The number of ether oxygens (including phenoxy) is 1. The molecule has 2 rings (SSSR count). The van der Waals surface area contributed by atoms with Crippen LogP contribution in [-0.4, -0.2) is 24.4 Å². The van der Waals surface area contributed by atoms with Crippen LogP contribution in [0.1, 0.15) is 18.5 Å². The van der Waals surface area contributed by atoms with E-state index in [2.05, 4.69) is 5.32 Å². The van der Waals surface area contributed by atoms with E-state index in [9.17, 15) is 5.11 Å². The Morgan fingerprint density at radius 3 is 2.09 bits per heavy atom. The first-order chi connectivity index (χ1) is 10.5. The van der Waals surface area contributed by atoms with Crippen molar-refractivity contribution in [1.82, 2.24) is 5.32 Å². The number of aliphatic hydroxyl groups is 1. The molecule has 2 aromatic rings. The number of aliphatic hydroxyl groups excluding tert-OH is 1. The van der Waals surface area contributed by atoms with Crippen LogP contribution in [0.15, 0.2) is 48.5 Å². The fourth-order valence-electron chi connectivity index (χ4n) is 1.96. The Balaban J connectivity index is 0.00000264. The van der Waals surface area contributed by atoms with Crippen molar-refractivity contribution in [2.45, 2.75) is 19.1 Å². The van der Waals surface area contributed by atoms with Gasteiger partial charge in [-0.2, -0.15) is 0 Å². The molecule has 0 amide bonds. The minimum atomic E-state index is -0.592. The highest BCUT2D eigenvalue weighted by atomic mass is 35.5. The minimum Gasteiger partial charge on any atom is -0.491 e. The van der Waals surface area contributed by atoms with Crippen LogP contribution >= 0.6 is 35.6 Å². The molecule has 2 aromatic carbocycles. The molecule has 0 bridgehead atoms. The number of halogens is 3. The van der Waals surface area contributed by atoms with E-state index in [0.29, 0.717) is 22.3 Å². The lowest BCUT2D eigenvalue weighted by Gasteiger charge is -2.18. The van der Waals surface area contributed by atoms with Gasteiger partial charge in [-0.3, -0.25) is 0 Å². The molecular formula is C17H20Cl3NO2. The van der Waals surface area contributed by atoms with Crippen LogP contribution < -0.4 is 10.1 Å². The van der Waals surface area contributed by atoms with Crippen LogP contribution in [-0.2, 0) is 0 Å². The van der Waals surface area contributed by atoms with Crippen LogP contribution in [0.5, 0.6) is 5.75 Å². The second kappa shape index (κ2) is 10.0. The van der Waals surface area contributed by atoms with E-state index < -0.39 is 6.10 Å². The largest absolute Gasteiger partial charge is 0.491 e. The highest BCUT2D eigenvalue weighted by Gasteiger charge is 2.09. The summed E-state index contributed by atoms with van der Waals surface area (Å²) in [6.07, 6.45) is -0.592. The van der Waals surface area contributed by atoms with Gasteiger partial charge in [-0.15, -0.1) is 12.4 Å². The lowest BCUT2D eigenvalue weighted by Crippen LogP contribution is -2.33. The summed E-state index contributed by atoms with van der Waals surface area (Å²) in [5.41, 5.74) is 1.12. The van der Waals surface area contributed by atoms with Gasteiger partial charge in [0.25, 0.3) is 0 Å². The highest BCUT2D eigenvalue weighted by Crippen LogP contribution is 2.17. The fraction of sp³-hybridized carbons (Fsp3) is 0.294. The van der Waals surface area contributed by atoms with Gasteiger partial charge in [0.1, 0.15) is 18.5 Å². The third-order valence-electron chi connectivity index (χ3n) is 3.29. The van der Waals surface area contributed by atoms with E-state index in [0.717, 1.165) is 5.56 Å². The molecule has 0 aliphatic rings. The van der Waals surface area contributed by atoms with Crippen molar-refractivity contribution in [1.29, 1.82) is 0 Å². The van der Waals surface area contributed by atoms with Crippen LogP contribution in [0.3, 0.4) is 0 Å². The molecule has 2 N–H and O–H groups in total. The number of benzene rings is 2. The quantitative estimate of drug-likeness (QED) is 0.747. The molecular weight excluding hydrogens is 357 g/mol. The van der Waals surface area contributed by atoms with E-state index in [1.165, 1.54) is 0 Å². The van der Waals surface area contributed by atoms with Crippen molar-refractivity contribution in [3.63, 3.8) is 0 Å². The molecule has 0 heterocycles. The Labute approximate surface area is 153 Å². The Morgan fingerprint density at radius 1 is 1.00 bits per heavy atom. The molecule has 3 nitrogen and oxygen atoms in total. The maximum atomic E-state index is 9.97. The average Bonchev–Trinajstić information content (AvgIpc) is 2.52. The van der Waals surface area contributed by atoms with Gasteiger partial charge in [-0.05, 0) is 48.9 Å². The Morgan fingerprint density at radius 2 is 1.52 bits per heavy atom. The van der Waals surface area contributed by atoms with Crippen molar-refractivity contribution in [2.24, 2.45) is 0 Å². The van der Waals surface area contributed by atoms with Gasteiger partial charge < -0.3 is 15.2 Å². The molecule has 0 saturated carbocycles. The second-order valence-corrected chi connectivity index (χ2v) is 5.97. The van der Waals surface area contributed by atoms with Gasteiger partial charge in [0.15, 0.2) is 0 Å². The molecule has 0 aliphatic carbocycles. The summed E-state index contributed by atoms with van der Waals surface area (Å²) in [5, 5.41) is 14.6. The van der Waals surface area contributed by atoms with Crippen LogP contribution in [0.25, 0.3) is 0 Å². The summed E-state index contributed by atoms with van der Waals surface area (Å²) in [6, 6.07) is 14.8. The maximum absolute atomic E-state index is 9.97. The van der Waals surface area contributed by atoms with Crippen molar-refractivity contribution in [2.75, 3.05) is 13.2 Å². The van der Waals surface area contributed by atoms with E-state index in [1.54, 1.807) is 24.3 Å². The lowest BCUT2D eigenvalue weighted by molar-refractivity contribution is 0.104. The number of rotatable bonds is 7. The summed E-state index contributed by atoms with van der Waals surface area (Å²) < 4.78 is 5.51.